The maximum absolute atomic E-state index is 11.6. The van der Waals surface area contributed by atoms with Crippen molar-refractivity contribution in [3.05, 3.63) is 0 Å². The number of thioether (sulfide) groups is 1. The second-order valence-corrected chi connectivity index (χ2v) is 5.63. The molecule has 1 amide bonds. The summed E-state index contributed by atoms with van der Waals surface area (Å²) < 4.78 is 0. The topological polar surface area (TPSA) is 29.1 Å². The fourth-order valence-electron chi connectivity index (χ4n) is 0.967. The van der Waals surface area contributed by atoms with Gasteiger partial charge in [-0.25, -0.2) is 0 Å². The van der Waals surface area contributed by atoms with Crippen LogP contribution >= 0.6 is 24.4 Å². The number of hydrogen-bond acceptors (Lipinski definition) is 3. The summed E-state index contributed by atoms with van der Waals surface area (Å²) in [6.07, 6.45) is 0. The van der Waals surface area contributed by atoms with E-state index in [9.17, 15) is 4.79 Å². The highest BCUT2D eigenvalue weighted by Crippen LogP contribution is 2.09. The minimum absolute atomic E-state index is 0.0486. The Labute approximate surface area is 97.0 Å². The number of amides is 1. The van der Waals surface area contributed by atoms with Crippen molar-refractivity contribution in [3.63, 3.8) is 0 Å². The molecule has 0 spiro atoms. The zero-order valence-electron chi connectivity index (χ0n) is 9.41. The average molecular weight is 235 g/mol. The summed E-state index contributed by atoms with van der Waals surface area (Å²) in [6, 6.07) is 0.237. The van der Waals surface area contributed by atoms with E-state index in [1.54, 1.807) is 0 Å². The highest BCUT2D eigenvalue weighted by Gasteiger charge is 2.18. The van der Waals surface area contributed by atoms with E-state index < -0.39 is 0 Å². The monoisotopic (exact) mass is 235 g/mol. The Morgan fingerprint density at radius 2 is 2.00 bits per heavy atom. The van der Waals surface area contributed by atoms with E-state index in [2.05, 4.69) is 24.9 Å². The molecule has 2 unspecified atom stereocenters. The number of hydrogen-bond donors (Lipinski definition) is 2. The minimum Gasteiger partial charge on any atom is -0.352 e. The predicted octanol–water partition coefficient (Wildman–Crippen LogP) is 2.20. The molecule has 14 heavy (non-hydrogen) atoms. The number of nitrogens with one attached hydrogen (secondary N) is 1. The molecular weight excluding hydrogens is 214 g/mol. The van der Waals surface area contributed by atoms with E-state index >= 15 is 0 Å². The van der Waals surface area contributed by atoms with Gasteiger partial charge in [-0.1, -0.05) is 20.8 Å². The molecule has 0 aromatic heterocycles. The highest BCUT2D eigenvalue weighted by molar-refractivity contribution is 7.99. The molecule has 0 saturated carbocycles. The van der Waals surface area contributed by atoms with Gasteiger partial charge >= 0.3 is 0 Å². The molecule has 1 N–H and O–H groups in total. The van der Waals surface area contributed by atoms with Crippen LogP contribution in [-0.2, 0) is 4.79 Å². The van der Waals surface area contributed by atoms with E-state index in [1.165, 1.54) is 0 Å². The lowest BCUT2D eigenvalue weighted by Crippen LogP contribution is -2.41. The first kappa shape index (κ1) is 14.2. The zero-order valence-corrected chi connectivity index (χ0v) is 11.1. The third-order valence-corrected chi connectivity index (χ3v) is 3.84. The number of rotatable bonds is 6. The van der Waals surface area contributed by atoms with Crippen LogP contribution in [0, 0.1) is 5.92 Å². The van der Waals surface area contributed by atoms with Gasteiger partial charge in [0.2, 0.25) is 5.91 Å². The molecule has 0 aliphatic carbocycles. The molecule has 0 aliphatic heterocycles. The third kappa shape index (κ3) is 5.81. The second-order valence-electron chi connectivity index (χ2n) is 3.76. The molecule has 0 aromatic carbocycles. The molecular formula is C10H21NOS2. The predicted molar refractivity (Wildman–Crippen MR) is 68.2 cm³/mol. The van der Waals surface area contributed by atoms with Gasteiger partial charge in [0, 0.05) is 11.8 Å². The standard InChI is InChI=1S/C10H21NOS2/c1-5-14-6-8(4)11-10(12)9(13)7(2)3/h7-9,13H,5-6H2,1-4H3,(H,11,12). The molecule has 84 valence electrons. The lowest BCUT2D eigenvalue weighted by Gasteiger charge is -2.18. The van der Waals surface area contributed by atoms with Crippen molar-refractivity contribution in [2.45, 2.75) is 39.0 Å². The molecule has 0 saturated heterocycles. The summed E-state index contributed by atoms with van der Waals surface area (Å²) in [5.74, 6) is 2.40. The molecule has 2 nitrogen and oxygen atoms in total. The van der Waals surface area contributed by atoms with Crippen LogP contribution in [0.5, 0.6) is 0 Å². The van der Waals surface area contributed by atoms with Gasteiger partial charge in [-0.2, -0.15) is 24.4 Å². The molecule has 0 heterocycles. The van der Waals surface area contributed by atoms with E-state index in [-0.39, 0.29) is 23.1 Å². The Morgan fingerprint density at radius 1 is 1.43 bits per heavy atom. The largest absolute Gasteiger partial charge is 0.352 e. The smallest absolute Gasteiger partial charge is 0.233 e. The van der Waals surface area contributed by atoms with Crippen molar-refractivity contribution < 1.29 is 4.79 Å². The van der Waals surface area contributed by atoms with Gasteiger partial charge in [0.15, 0.2) is 0 Å². The minimum atomic E-state index is -0.191. The Hall–Kier alpha value is 0.170. The van der Waals surface area contributed by atoms with Crippen LogP contribution in [0.1, 0.15) is 27.7 Å². The molecule has 0 rings (SSSR count). The summed E-state index contributed by atoms with van der Waals surface area (Å²) in [5, 5.41) is 2.77. The van der Waals surface area contributed by atoms with Crippen LogP contribution in [0.15, 0.2) is 0 Å². The lowest BCUT2D eigenvalue weighted by atomic mass is 10.1. The van der Waals surface area contributed by atoms with Crippen molar-refractivity contribution >= 4 is 30.3 Å². The molecule has 0 radical (unpaired) electrons. The summed E-state index contributed by atoms with van der Waals surface area (Å²) in [4.78, 5) is 11.6. The van der Waals surface area contributed by atoms with Gasteiger partial charge in [0.05, 0.1) is 5.25 Å². The van der Waals surface area contributed by atoms with Crippen molar-refractivity contribution in [2.75, 3.05) is 11.5 Å². The first-order chi connectivity index (χ1) is 6.49. The van der Waals surface area contributed by atoms with Gasteiger partial charge in [-0.05, 0) is 18.6 Å². The van der Waals surface area contributed by atoms with E-state index in [0.717, 1.165) is 11.5 Å². The summed E-state index contributed by atoms with van der Waals surface area (Å²) >= 11 is 6.11. The van der Waals surface area contributed by atoms with Crippen LogP contribution < -0.4 is 5.32 Å². The Kier molecular flexibility index (Phi) is 7.55. The van der Waals surface area contributed by atoms with Gasteiger partial charge in [-0.3, -0.25) is 4.79 Å². The van der Waals surface area contributed by atoms with Crippen molar-refractivity contribution in [1.29, 1.82) is 0 Å². The van der Waals surface area contributed by atoms with Crippen LogP contribution in [0.2, 0.25) is 0 Å². The molecule has 2 atom stereocenters. The third-order valence-electron chi connectivity index (χ3n) is 1.86. The molecule has 0 fully saturated rings. The van der Waals surface area contributed by atoms with Crippen LogP contribution in [0.3, 0.4) is 0 Å². The molecule has 0 bridgehead atoms. The highest BCUT2D eigenvalue weighted by atomic mass is 32.2. The van der Waals surface area contributed by atoms with Crippen molar-refractivity contribution in [2.24, 2.45) is 5.92 Å². The van der Waals surface area contributed by atoms with Gasteiger partial charge in [-0.15, -0.1) is 0 Å². The maximum atomic E-state index is 11.6. The SMILES string of the molecule is CCSCC(C)NC(=O)C(S)C(C)C. The van der Waals surface area contributed by atoms with Gasteiger partial charge < -0.3 is 5.32 Å². The zero-order chi connectivity index (χ0) is 11.1. The first-order valence-corrected chi connectivity index (χ1v) is 6.72. The second kappa shape index (κ2) is 7.46. The Balaban J connectivity index is 3.81. The number of thiol groups is 1. The lowest BCUT2D eigenvalue weighted by molar-refractivity contribution is -0.121. The first-order valence-electron chi connectivity index (χ1n) is 5.05. The maximum Gasteiger partial charge on any atom is 0.233 e. The molecule has 4 heteroatoms. The normalized spacial score (nSPS) is 15.3. The summed E-state index contributed by atoms with van der Waals surface area (Å²) in [6.45, 7) is 8.15. The fraction of sp³-hybridized carbons (Fsp3) is 0.900. The van der Waals surface area contributed by atoms with Crippen LogP contribution in [-0.4, -0.2) is 28.7 Å². The van der Waals surface area contributed by atoms with Crippen LogP contribution in [0.4, 0.5) is 0 Å². The van der Waals surface area contributed by atoms with E-state index in [0.29, 0.717) is 0 Å². The Bertz CT molecular complexity index is 174. The van der Waals surface area contributed by atoms with E-state index in [4.69, 9.17) is 0 Å². The van der Waals surface area contributed by atoms with Crippen molar-refractivity contribution in [3.8, 4) is 0 Å². The fourth-order valence-corrected chi connectivity index (χ4v) is 1.71. The molecule has 0 aromatic rings. The van der Waals surface area contributed by atoms with Gasteiger partial charge in [0.25, 0.3) is 0 Å². The average Bonchev–Trinajstić information content (AvgIpc) is 2.13. The summed E-state index contributed by atoms with van der Waals surface area (Å²) in [7, 11) is 0. The molecule has 0 aliphatic rings. The van der Waals surface area contributed by atoms with E-state index in [1.807, 2.05) is 32.5 Å². The van der Waals surface area contributed by atoms with Crippen LogP contribution in [0.25, 0.3) is 0 Å². The number of carbonyl (C=O) groups excluding carboxylic acids is 1. The quantitative estimate of drug-likeness (QED) is 0.691. The van der Waals surface area contributed by atoms with Gasteiger partial charge in [0.1, 0.15) is 0 Å². The Morgan fingerprint density at radius 3 is 2.43 bits per heavy atom. The van der Waals surface area contributed by atoms with Crippen molar-refractivity contribution in [1.82, 2.24) is 5.32 Å². The summed E-state index contributed by atoms with van der Waals surface area (Å²) in [5.41, 5.74) is 0. The number of carbonyl (C=O) groups is 1.